The van der Waals surface area contributed by atoms with E-state index in [-0.39, 0.29) is 0 Å². The minimum atomic E-state index is 0.722. The molecule has 0 saturated carbocycles. The van der Waals surface area contributed by atoms with E-state index >= 15 is 0 Å². The Labute approximate surface area is 123 Å². The summed E-state index contributed by atoms with van der Waals surface area (Å²) >= 11 is 0. The second-order valence-electron chi connectivity index (χ2n) is 5.66. The van der Waals surface area contributed by atoms with Crippen molar-refractivity contribution in [2.45, 2.75) is 45.7 Å². The van der Waals surface area contributed by atoms with E-state index in [1.165, 1.54) is 24.9 Å². The fraction of sp³-hybridized carbons (Fsp3) is 0.647. The molecule has 0 radical (unpaired) electrons. The van der Waals surface area contributed by atoms with E-state index in [2.05, 4.69) is 48.3 Å². The molecule has 1 aromatic rings. The standard InChI is InChI=1S/C17H28N2O/c1-3-10-18-14-16-8-4-5-9-17(16)20-13-12-19-11-6-7-15(19)2/h4-5,8-9,15,18H,3,6-7,10-14H2,1-2H3. The van der Waals surface area contributed by atoms with E-state index in [0.717, 1.165) is 44.5 Å². The first-order valence-electron chi connectivity index (χ1n) is 7.96. The lowest BCUT2D eigenvalue weighted by Crippen LogP contribution is -2.31. The van der Waals surface area contributed by atoms with Crippen LogP contribution < -0.4 is 10.1 Å². The van der Waals surface area contributed by atoms with E-state index in [0.29, 0.717) is 0 Å². The molecule has 1 saturated heterocycles. The zero-order chi connectivity index (χ0) is 14.2. The lowest BCUT2D eigenvalue weighted by Gasteiger charge is -2.21. The number of likely N-dealkylation sites (tertiary alicyclic amines) is 1. The van der Waals surface area contributed by atoms with Crippen molar-refractivity contribution in [1.82, 2.24) is 10.2 Å². The van der Waals surface area contributed by atoms with E-state index in [1.54, 1.807) is 0 Å². The van der Waals surface area contributed by atoms with E-state index < -0.39 is 0 Å². The zero-order valence-electron chi connectivity index (χ0n) is 12.9. The molecule has 1 aromatic carbocycles. The summed E-state index contributed by atoms with van der Waals surface area (Å²) < 4.78 is 6.00. The minimum absolute atomic E-state index is 0.722. The highest BCUT2D eigenvalue weighted by atomic mass is 16.5. The summed E-state index contributed by atoms with van der Waals surface area (Å²) in [7, 11) is 0. The molecular formula is C17H28N2O. The number of nitrogens with one attached hydrogen (secondary N) is 1. The number of nitrogens with zero attached hydrogens (tertiary/aromatic N) is 1. The maximum absolute atomic E-state index is 6.00. The first-order valence-corrected chi connectivity index (χ1v) is 7.96. The SMILES string of the molecule is CCCNCc1ccccc1OCCN1CCCC1C. The summed E-state index contributed by atoms with van der Waals surface area (Å²) in [6.45, 7) is 9.50. The highest BCUT2D eigenvalue weighted by Gasteiger charge is 2.19. The van der Waals surface area contributed by atoms with Crippen molar-refractivity contribution < 1.29 is 4.74 Å². The molecule has 3 nitrogen and oxygen atoms in total. The molecule has 2 rings (SSSR count). The second kappa shape index (κ2) is 8.28. The fourth-order valence-electron chi connectivity index (χ4n) is 2.79. The topological polar surface area (TPSA) is 24.5 Å². The van der Waals surface area contributed by atoms with Crippen LogP contribution in [0.25, 0.3) is 0 Å². The van der Waals surface area contributed by atoms with Gasteiger partial charge in [-0.15, -0.1) is 0 Å². The van der Waals surface area contributed by atoms with Gasteiger partial charge in [-0.2, -0.15) is 0 Å². The number of hydrogen-bond donors (Lipinski definition) is 1. The molecule has 0 spiro atoms. The molecule has 112 valence electrons. The lowest BCUT2D eigenvalue weighted by molar-refractivity contribution is 0.203. The van der Waals surface area contributed by atoms with Crippen LogP contribution in [0.5, 0.6) is 5.75 Å². The third-order valence-corrected chi connectivity index (χ3v) is 4.04. The predicted octanol–water partition coefficient (Wildman–Crippen LogP) is 3.05. The monoisotopic (exact) mass is 276 g/mol. The van der Waals surface area contributed by atoms with Gasteiger partial charge in [0, 0.05) is 24.7 Å². The summed E-state index contributed by atoms with van der Waals surface area (Å²) in [6, 6.07) is 9.09. The molecule has 1 atom stereocenters. The van der Waals surface area contributed by atoms with Gasteiger partial charge in [0.05, 0.1) is 0 Å². The molecule has 1 N–H and O–H groups in total. The number of para-hydroxylation sites is 1. The molecule has 1 fully saturated rings. The van der Waals surface area contributed by atoms with Crippen LogP contribution in [0.15, 0.2) is 24.3 Å². The summed E-state index contributed by atoms with van der Waals surface area (Å²) in [6.07, 6.45) is 3.83. The molecule has 1 aliphatic heterocycles. The van der Waals surface area contributed by atoms with Gasteiger partial charge in [-0.25, -0.2) is 0 Å². The average Bonchev–Trinajstić information content (AvgIpc) is 2.86. The zero-order valence-corrected chi connectivity index (χ0v) is 12.9. The van der Waals surface area contributed by atoms with Gasteiger partial charge in [0.25, 0.3) is 0 Å². The van der Waals surface area contributed by atoms with Crippen molar-refractivity contribution >= 4 is 0 Å². The third-order valence-electron chi connectivity index (χ3n) is 4.04. The van der Waals surface area contributed by atoms with Crippen molar-refractivity contribution in [3.63, 3.8) is 0 Å². The summed E-state index contributed by atoms with van der Waals surface area (Å²) in [4.78, 5) is 2.53. The number of hydrogen-bond acceptors (Lipinski definition) is 3. The van der Waals surface area contributed by atoms with Crippen LogP contribution in [-0.4, -0.2) is 37.2 Å². The maximum Gasteiger partial charge on any atom is 0.123 e. The molecule has 3 heteroatoms. The van der Waals surface area contributed by atoms with Crippen molar-refractivity contribution in [2.24, 2.45) is 0 Å². The largest absolute Gasteiger partial charge is 0.492 e. The van der Waals surface area contributed by atoms with Gasteiger partial charge >= 0.3 is 0 Å². The number of benzene rings is 1. The lowest BCUT2D eigenvalue weighted by atomic mass is 10.2. The molecular weight excluding hydrogens is 248 g/mol. The van der Waals surface area contributed by atoms with Crippen LogP contribution in [0, 0.1) is 0 Å². The second-order valence-corrected chi connectivity index (χ2v) is 5.66. The van der Waals surface area contributed by atoms with Crippen LogP contribution in [0.4, 0.5) is 0 Å². The first-order chi connectivity index (χ1) is 9.81. The van der Waals surface area contributed by atoms with Crippen LogP contribution in [-0.2, 0) is 6.54 Å². The number of ether oxygens (including phenoxy) is 1. The van der Waals surface area contributed by atoms with Gasteiger partial charge < -0.3 is 10.1 Å². The van der Waals surface area contributed by atoms with Crippen molar-refractivity contribution in [3.8, 4) is 5.75 Å². The van der Waals surface area contributed by atoms with Gasteiger partial charge in [0.15, 0.2) is 0 Å². The van der Waals surface area contributed by atoms with Crippen LogP contribution >= 0.6 is 0 Å². The molecule has 0 amide bonds. The maximum atomic E-state index is 6.00. The quantitative estimate of drug-likeness (QED) is 0.739. The highest BCUT2D eigenvalue weighted by Crippen LogP contribution is 2.19. The normalized spacial score (nSPS) is 19.4. The molecule has 1 heterocycles. The Kier molecular flexibility index (Phi) is 6.34. The van der Waals surface area contributed by atoms with Crippen LogP contribution in [0.1, 0.15) is 38.7 Å². The fourth-order valence-corrected chi connectivity index (χ4v) is 2.79. The highest BCUT2D eigenvalue weighted by molar-refractivity contribution is 5.33. The molecule has 0 aromatic heterocycles. The summed E-state index contributed by atoms with van der Waals surface area (Å²) in [5, 5.41) is 3.44. The van der Waals surface area contributed by atoms with Gasteiger partial charge in [-0.05, 0) is 45.3 Å². The van der Waals surface area contributed by atoms with Gasteiger partial charge in [-0.1, -0.05) is 25.1 Å². The summed E-state index contributed by atoms with van der Waals surface area (Å²) in [5.74, 6) is 1.03. The molecule has 0 bridgehead atoms. The van der Waals surface area contributed by atoms with Gasteiger partial charge in [0.2, 0.25) is 0 Å². The van der Waals surface area contributed by atoms with Crippen LogP contribution in [0.2, 0.25) is 0 Å². The Hall–Kier alpha value is -1.06. The Balaban J connectivity index is 1.79. The Morgan fingerprint density at radius 2 is 2.20 bits per heavy atom. The Bertz CT molecular complexity index is 394. The molecule has 1 unspecified atom stereocenters. The molecule has 1 aliphatic rings. The smallest absolute Gasteiger partial charge is 0.123 e. The Morgan fingerprint density at radius 3 is 2.95 bits per heavy atom. The van der Waals surface area contributed by atoms with Crippen molar-refractivity contribution in [2.75, 3.05) is 26.2 Å². The minimum Gasteiger partial charge on any atom is -0.492 e. The van der Waals surface area contributed by atoms with Crippen molar-refractivity contribution in [3.05, 3.63) is 29.8 Å². The van der Waals surface area contributed by atoms with E-state index in [9.17, 15) is 0 Å². The van der Waals surface area contributed by atoms with Gasteiger partial charge in [0.1, 0.15) is 12.4 Å². The predicted molar refractivity (Wildman–Crippen MR) is 84.2 cm³/mol. The first kappa shape index (κ1) is 15.3. The molecule has 20 heavy (non-hydrogen) atoms. The van der Waals surface area contributed by atoms with Gasteiger partial charge in [-0.3, -0.25) is 4.90 Å². The third kappa shape index (κ3) is 4.50. The molecule has 0 aliphatic carbocycles. The number of rotatable bonds is 8. The average molecular weight is 276 g/mol. The Morgan fingerprint density at radius 1 is 1.35 bits per heavy atom. The van der Waals surface area contributed by atoms with E-state index in [4.69, 9.17) is 4.74 Å². The van der Waals surface area contributed by atoms with Crippen LogP contribution in [0.3, 0.4) is 0 Å². The van der Waals surface area contributed by atoms with Crippen molar-refractivity contribution in [1.29, 1.82) is 0 Å². The summed E-state index contributed by atoms with van der Waals surface area (Å²) in [5.41, 5.74) is 1.26. The van der Waals surface area contributed by atoms with E-state index in [1.807, 2.05) is 0 Å².